The molecule has 0 fully saturated rings. The molecule has 0 amide bonds. The van der Waals surface area contributed by atoms with Crippen LogP contribution in [0.25, 0.3) is 0 Å². The second-order valence-electron chi connectivity index (χ2n) is 9.01. The van der Waals surface area contributed by atoms with Gasteiger partial charge in [-0.25, -0.2) is 9.59 Å². The molecule has 31 heavy (non-hydrogen) atoms. The SMILES string of the molecule is CCOC(=O)C(C)OC(=O)C(C)(C)C(C)CCc1ccc(C(=O)OC(C)C(C)C)cc1. The molecule has 0 aliphatic heterocycles. The van der Waals surface area contributed by atoms with Gasteiger partial charge in [0.05, 0.1) is 17.6 Å². The smallest absolute Gasteiger partial charge is 0.347 e. The third kappa shape index (κ3) is 8.00. The summed E-state index contributed by atoms with van der Waals surface area (Å²) in [6.45, 7) is 15.0. The first-order valence-corrected chi connectivity index (χ1v) is 11.1. The van der Waals surface area contributed by atoms with Crippen LogP contribution in [0.2, 0.25) is 0 Å². The molecule has 0 spiro atoms. The van der Waals surface area contributed by atoms with Crippen LogP contribution in [0.4, 0.5) is 0 Å². The van der Waals surface area contributed by atoms with Crippen LogP contribution < -0.4 is 0 Å². The Balaban J connectivity index is 2.64. The molecule has 0 aliphatic carbocycles. The molecular weight excluding hydrogens is 396 g/mol. The molecule has 0 N–H and O–H groups in total. The van der Waals surface area contributed by atoms with Gasteiger partial charge < -0.3 is 14.2 Å². The molecule has 1 aromatic carbocycles. The first-order chi connectivity index (χ1) is 14.4. The molecule has 0 bridgehead atoms. The number of hydrogen-bond donors (Lipinski definition) is 0. The third-order valence-electron chi connectivity index (χ3n) is 5.95. The van der Waals surface area contributed by atoms with E-state index in [-0.39, 0.29) is 30.5 Å². The fraction of sp³-hybridized carbons (Fsp3) is 0.640. The van der Waals surface area contributed by atoms with Crippen molar-refractivity contribution in [2.45, 2.75) is 80.4 Å². The van der Waals surface area contributed by atoms with E-state index in [9.17, 15) is 14.4 Å². The normalized spacial score (nSPS) is 14.5. The zero-order valence-electron chi connectivity index (χ0n) is 20.2. The molecular formula is C25H38O6. The van der Waals surface area contributed by atoms with Crippen molar-refractivity contribution in [3.05, 3.63) is 35.4 Å². The lowest BCUT2D eigenvalue weighted by molar-refractivity contribution is -0.174. The van der Waals surface area contributed by atoms with E-state index in [1.54, 1.807) is 19.1 Å². The van der Waals surface area contributed by atoms with Crippen molar-refractivity contribution >= 4 is 17.9 Å². The predicted octanol–water partition coefficient (Wildman–Crippen LogP) is 4.98. The maximum atomic E-state index is 12.6. The summed E-state index contributed by atoms with van der Waals surface area (Å²) in [5, 5.41) is 0. The molecule has 0 aromatic heterocycles. The summed E-state index contributed by atoms with van der Waals surface area (Å²) in [4.78, 5) is 36.5. The van der Waals surface area contributed by atoms with Gasteiger partial charge in [-0.1, -0.05) is 32.9 Å². The van der Waals surface area contributed by atoms with Crippen LogP contribution in [0.3, 0.4) is 0 Å². The summed E-state index contributed by atoms with van der Waals surface area (Å²) >= 11 is 0. The summed E-state index contributed by atoms with van der Waals surface area (Å²) in [5.74, 6) is -0.995. The Morgan fingerprint density at radius 2 is 1.52 bits per heavy atom. The van der Waals surface area contributed by atoms with Crippen LogP contribution in [-0.4, -0.2) is 36.7 Å². The minimum Gasteiger partial charge on any atom is -0.463 e. The third-order valence-corrected chi connectivity index (χ3v) is 5.95. The molecule has 0 aliphatic rings. The Hall–Kier alpha value is -2.37. The highest BCUT2D eigenvalue weighted by Gasteiger charge is 2.37. The van der Waals surface area contributed by atoms with Gasteiger partial charge in [-0.3, -0.25) is 4.79 Å². The molecule has 0 radical (unpaired) electrons. The number of carbonyl (C=O) groups excluding carboxylic acids is 3. The molecule has 3 atom stereocenters. The summed E-state index contributed by atoms with van der Waals surface area (Å²) < 4.78 is 15.7. The fourth-order valence-electron chi connectivity index (χ4n) is 2.75. The number of benzene rings is 1. The summed E-state index contributed by atoms with van der Waals surface area (Å²) in [6, 6.07) is 7.38. The van der Waals surface area contributed by atoms with E-state index in [1.807, 2.05) is 53.7 Å². The molecule has 1 aromatic rings. The highest BCUT2D eigenvalue weighted by molar-refractivity contribution is 5.89. The maximum absolute atomic E-state index is 12.6. The number of ether oxygens (including phenoxy) is 3. The van der Waals surface area contributed by atoms with Gasteiger partial charge in [0.1, 0.15) is 6.10 Å². The van der Waals surface area contributed by atoms with Gasteiger partial charge in [-0.15, -0.1) is 0 Å². The first kappa shape index (κ1) is 26.7. The lowest BCUT2D eigenvalue weighted by Gasteiger charge is -2.30. The quantitative estimate of drug-likeness (QED) is 0.361. The summed E-state index contributed by atoms with van der Waals surface area (Å²) in [6.07, 6.45) is 0.443. The van der Waals surface area contributed by atoms with Gasteiger partial charge in [-0.2, -0.15) is 0 Å². The molecule has 1 rings (SSSR count). The first-order valence-electron chi connectivity index (χ1n) is 11.1. The molecule has 0 saturated heterocycles. The second kappa shape index (κ2) is 11.9. The van der Waals surface area contributed by atoms with Crippen LogP contribution in [0.15, 0.2) is 24.3 Å². The monoisotopic (exact) mass is 434 g/mol. The topological polar surface area (TPSA) is 78.9 Å². The number of rotatable bonds is 11. The van der Waals surface area contributed by atoms with Crippen LogP contribution in [0, 0.1) is 17.3 Å². The number of aryl methyl sites for hydroxylation is 1. The van der Waals surface area contributed by atoms with Gasteiger partial charge in [0.15, 0.2) is 6.10 Å². The Kier molecular flexibility index (Phi) is 10.2. The van der Waals surface area contributed by atoms with E-state index in [4.69, 9.17) is 14.2 Å². The van der Waals surface area contributed by atoms with Crippen LogP contribution in [0.5, 0.6) is 0 Å². The zero-order chi connectivity index (χ0) is 23.8. The van der Waals surface area contributed by atoms with Crippen LogP contribution >= 0.6 is 0 Å². The average molecular weight is 435 g/mol. The molecule has 0 saturated carbocycles. The Morgan fingerprint density at radius 3 is 2.03 bits per heavy atom. The average Bonchev–Trinajstić information content (AvgIpc) is 2.71. The number of hydrogen-bond acceptors (Lipinski definition) is 6. The number of esters is 3. The summed E-state index contributed by atoms with van der Waals surface area (Å²) in [7, 11) is 0. The molecule has 3 unspecified atom stereocenters. The van der Waals surface area contributed by atoms with Crippen LogP contribution in [-0.2, 0) is 30.2 Å². The van der Waals surface area contributed by atoms with E-state index in [0.717, 1.165) is 18.4 Å². The lowest BCUT2D eigenvalue weighted by atomic mass is 9.77. The molecule has 174 valence electrons. The van der Waals surface area contributed by atoms with E-state index in [2.05, 4.69) is 0 Å². The summed E-state index contributed by atoms with van der Waals surface area (Å²) in [5.41, 5.74) is 0.850. The van der Waals surface area contributed by atoms with Gasteiger partial charge >= 0.3 is 17.9 Å². The highest BCUT2D eigenvalue weighted by atomic mass is 16.6. The molecule has 6 nitrogen and oxygen atoms in total. The Bertz CT molecular complexity index is 735. The number of carbonyl (C=O) groups is 3. The minimum atomic E-state index is -0.926. The van der Waals surface area contributed by atoms with Crippen molar-refractivity contribution in [2.75, 3.05) is 6.61 Å². The van der Waals surface area contributed by atoms with E-state index < -0.39 is 23.5 Å². The van der Waals surface area contributed by atoms with Gasteiger partial charge in [0.25, 0.3) is 0 Å². The maximum Gasteiger partial charge on any atom is 0.347 e. The fourth-order valence-corrected chi connectivity index (χ4v) is 2.75. The van der Waals surface area contributed by atoms with E-state index in [1.165, 1.54) is 6.92 Å². The molecule has 6 heteroatoms. The van der Waals surface area contributed by atoms with Crippen molar-refractivity contribution in [1.29, 1.82) is 0 Å². The zero-order valence-corrected chi connectivity index (χ0v) is 20.2. The Labute approximate surface area is 186 Å². The van der Waals surface area contributed by atoms with E-state index in [0.29, 0.717) is 5.56 Å². The van der Waals surface area contributed by atoms with Gasteiger partial charge in [0, 0.05) is 0 Å². The van der Waals surface area contributed by atoms with Crippen LogP contribution in [0.1, 0.15) is 77.7 Å². The Morgan fingerprint density at radius 1 is 0.935 bits per heavy atom. The van der Waals surface area contributed by atoms with Crippen molar-refractivity contribution in [2.24, 2.45) is 17.3 Å². The van der Waals surface area contributed by atoms with Crippen molar-refractivity contribution in [3.63, 3.8) is 0 Å². The second-order valence-corrected chi connectivity index (χ2v) is 9.01. The van der Waals surface area contributed by atoms with Gasteiger partial charge in [-0.05, 0) is 77.0 Å². The van der Waals surface area contributed by atoms with E-state index >= 15 is 0 Å². The minimum absolute atomic E-state index is 0.0194. The van der Waals surface area contributed by atoms with Crippen molar-refractivity contribution in [1.82, 2.24) is 0 Å². The van der Waals surface area contributed by atoms with Crippen molar-refractivity contribution in [3.8, 4) is 0 Å². The highest BCUT2D eigenvalue weighted by Crippen LogP contribution is 2.32. The van der Waals surface area contributed by atoms with Crippen molar-refractivity contribution < 1.29 is 28.6 Å². The molecule has 0 heterocycles. The predicted molar refractivity (Wildman–Crippen MR) is 120 cm³/mol. The largest absolute Gasteiger partial charge is 0.463 e. The van der Waals surface area contributed by atoms with Gasteiger partial charge in [0.2, 0.25) is 0 Å². The standard InChI is InChI=1S/C25H38O6/c1-9-29-22(26)19(6)31-24(28)25(7,8)17(4)10-11-20-12-14-21(15-13-20)23(27)30-18(5)16(2)3/h12-19H,9-11H2,1-8H3. The lowest BCUT2D eigenvalue weighted by Crippen LogP contribution is -2.37.